The van der Waals surface area contributed by atoms with Gasteiger partial charge in [0.2, 0.25) is 5.91 Å². The summed E-state index contributed by atoms with van der Waals surface area (Å²) in [6.45, 7) is 0.170. The van der Waals surface area contributed by atoms with Gasteiger partial charge >= 0.3 is 0 Å². The van der Waals surface area contributed by atoms with Crippen molar-refractivity contribution in [1.29, 1.82) is 0 Å². The molecule has 1 aliphatic carbocycles. The predicted octanol–water partition coefficient (Wildman–Crippen LogP) is 2.48. The summed E-state index contributed by atoms with van der Waals surface area (Å²) in [5, 5.41) is 2.72. The second-order valence-electron chi connectivity index (χ2n) is 4.78. The molecule has 3 nitrogen and oxygen atoms in total. The van der Waals surface area contributed by atoms with E-state index in [0.29, 0.717) is 18.4 Å². The van der Waals surface area contributed by atoms with Crippen LogP contribution in [0.15, 0.2) is 22.7 Å². The molecule has 0 atom stereocenters. The van der Waals surface area contributed by atoms with E-state index >= 15 is 0 Å². The fourth-order valence-corrected chi connectivity index (χ4v) is 2.67. The van der Waals surface area contributed by atoms with E-state index in [0.717, 1.165) is 17.3 Å². The number of hydrogen-bond donors (Lipinski definition) is 2. The molecule has 1 saturated carbocycles. The predicted molar refractivity (Wildman–Crippen MR) is 71.3 cm³/mol. The lowest BCUT2D eigenvalue weighted by atomic mass is 9.98. The SMILES string of the molecule is NC1(C(=O)NCc2cc(Br)ccc2F)CCCC1. The van der Waals surface area contributed by atoms with Crippen LogP contribution in [0.25, 0.3) is 0 Å². The molecule has 1 amide bonds. The van der Waals surface area contributed by atoms with Gasteiger partial charge in [0.1, 0.15) is 5.82 Å². The van der Waals surface area contributed by atoms with Crippen molar-refractivity contribution in [3.05, 3.63) is 34.1 Å². The zero-order valence-electron chi connectivity index (χ0n) is 10.0. The van der Waals surface area contributed by atoms with E-state index in [1.165, 1.54) is 6.07 Å². The molecule has 0 radical (unpaired) electrons. The van der Waals surface area contributed by atoms with Crippen LogP contribution in [0.1, 0.15) is 31.2 Å². The summed E-state index contributed by atoms with van der Waals surface area (Å²) in [7, 11) is 0. The van der Waals surface area contributed by atoms with Crippen molar-refractivity contribution in [2.24, 2.45) is 5.73 Å². The van der Waals surface area contributed by atoms with Crippen LogP contribution in [0.5, 0.6) is 0 Å². The quantitative estimate of drug-likeness (QED) is 0.900. The van der Waals surface area contributed by atoms with E-state index in [2.05, 4.69) is 21.2 Å². The monoisotopic (exact) mass is 314 g/mol. The van der Waals surface area contributed by atoms with Gasteiger partial charge in [0.25, 0.3) is 0 Å². The van der Waals surface area contributed by atoms with Gasteiger partial charge < -0.3 is 11.1 Å². The topological polar surface area (TPSA) is 55.1 Å². The first-order valence-electron chi connectivity index (χ1n) is 6.02. The third kappa shape index (κ3) is 2.90. The number of hydrogen-bond acceptors (Lipinski definition) is 2. The highest BCUT2D eigenvalue weighted by Gasteiger charge is 2.36. The van der Waals surface area contributed by atoms with Crippen molar-refractivity contribution in [3.8, 4) is 0 Å². The van der Waals surface area contributed by atoms with Gasteiger partial charge in [-0.05, 0) is 31.0 Å². The minimum absolute atomic E-state index is 0.170. The Bertz CT molecular complexity index is 458. The largest absolute Gasteiger partial charge is 0.350 e. The maximum atomic E-state index is 13.5. The average Bonchev–Trinajstić information content (AvgIpc) is 2.78. The molecular formula is C13H16BrFN2O. The molecule has 0 unspecified atom stereocenters. The van der Waals surface area contributed by atoms with Gasteiger partial charge in [-0.15, -0.1) is 0 Å². The summed E-state index contributed by atoms with van der Waals surface area (Å²) >= 11 is 3.28. The van der Waals surface area contributed by atoms with Gasteiger partial charge in [-0.1, -0.05) is 28.8 Å². The molecule has 5 heteroatoms. The van der Waals surface area contributed by atoms with Crippen LogP contribution in [-0.2, 0) is 11.3 Å². The maximum absolute atomic E-state index is 13.5. The smallest absolute Gasteiger partial charge is 0.240 e. The maximum Gasteiger partial charge on any atom is 0.240 e. The summed E-state index contributed by atoms with van der Waals surface area (Å²) in [4.78, 5) is 12.0. The van der Waals surface area contributed by atoms with E-state index < -0.39 is 5.54 Å². The molecule has 1 aromatic carbocycles. The number of nitrogens with one attached hydrogen (secondary N) is 1. The van der Waals surface area contributed by atoms with Crippen molar-refractivity contribution in [1.82, 2.24) is 5.32 Å². The molecule has 0 aromatic heterocycles. The van der Waals surface area contributed by atoms with Crippen molar-refractivity contribution in [3.63, 3.8) is 0 Å². The molecule has 98 valence electrons. The van der Waals surface area contributed by atoms with Crippen LogP contribution in [0.4, 0.5) is 4.39 Å². The molecule has 1 fully saturated rings. The average molecular weight is 315 g/mol. The third-order valence-corrected chi connectivity index (χ3v) is 3.89. The molecule has 18 heavy (non-hydrogen) atoms. The lowest BCUT2D eigenvalue weighted by Gasteiger charge is -2.22. The summed E-state index contributed by atoms with van der Waals surface area (Å²) in [6.07, 6.45) is 3.38. The fraction of sp³-hybridized carbons (Fsp3) is 0.462. The number of halogens is 2. The van der Waals surface area contributed by atoms with Gasteiger partial charge in [0.05, 0.1) is 5.54 Å². The Morgan fingerprint density at radius 3 is 2.78 bits per heavy atom. The second-order valence-corrected chi connectivity index (χ2v) is 5.70. The minimum atomic E-state index is -0.761. The fourth-order valence-electron chi connectivity index (χ4n) is 2.26. The van der Waals surface area contributed by atoms with Crippen molar-refractivity contribution in [2.45, 2.75) is 37.8 Å². The standard InChI is InChI=1S/C13H16BrFN2O/c14-10-3-4-11(15)9(7-10)8-17-12(18)13(16)5-1-2-6-13/h3-4,7H,1-2,5-6,8,16H2,(H,17,18). The first-order chi connectivity index (χ1) is 8.51. The van der Waals surface area contributed by atoms with Crippen LogP contribution >= 0.6 is 15.9 Å². The lowest BCUT2D eigenvalue weighted by Crippen LogP contribution is -2.51. The summed E-state index contributed by atoms with van der Waals surface area (Å²) in [5.74, 6) is -0.504. The van der Waals surface area contributed by atoms with E-state index in [-0.39, 0.29) is 18.3 Å². The number of nitrogens with two attached hydrogens (primary N) is 1. The first kappa shape index (κ1) is 13.5. The summed E-state index contributed by atoms with van der Waals surface area (Å²) in [6, 6.07) is 4.66. The molecule has 0 spiro atoms. The third-order valence-electron chi connectivity index (χ3n) is 3.40. The Kier molecular flexibility index (Phi) is 4.02. The number of carbonyl (C=O) groups is 1. The van der Waals surface area contributed by atoms with Gasteiger partial charge in [-0.3, -0.25) is 4.79 Å². The van der Waals surface area contributed by atoms with Gasteiger partial charge in [0.15, 0.2) is 0 Å². The molecule has 0 saturated heterocycles. The summed E-state index contributed by atoms with van der Waals surface area (Å²) < 4.78 is 14.3. The molecule has 0 heterocycles. The van der Waals surface area contributed by atoms with E-state index in [4.69, 9.17) is 5.73 Å². The number of carbonyl (C=O) groups excluding carboxylic acids is 1. The van der Waals surface area contributed by atoms with E-state index in [1.807, 2.05) is 0 Å². The Balaban J connectivity index is 1.99. The zero-order valence-corrected chi connectivity index (χ0v) is 11.6. The highest BCUT2D eigenvalue weighted by molar-refractivity contribution is 9.10. The van der Waals surface area contributed by atoms with Crippen LogP contribution in [0.2, 0.25) is 0 Å². The molecular weight excluding hydrogens is 299 g/mol. The van der Waals surface area contributed by atoms with Crippen LogP contribution in [-0.4, -0.2) is 11.4 Å². The van der Waals surface area contributed by atoms with Crippen LogP contribution in [0, 0.1) is 5.82 Å². The van der Waals surface area contributed by atoms with Crippen LogP contribution < -0.4 is 11.1 Å². The second kappa shape index (κ2) is 5.36. The van der Waals surface area contributed by atoms with Crippen molar-refractivity contribution < 1.29 is 9.18 Å². The Hall–Kier alpha value is -0.940. The first-order valence-corrected chi connectivity index (χ1v) is 6.82. The van der Waals surface area contributed by atoms with E-state index in [1.54, 1.807) is 12.1 Å². The molecule has 2 rings (SSSR count). The van der Waals surface area contributed by atoms with Gasteiger partial charge in [-0.25, -0.2) is 4.39 Å². The Morgan fingerprint density at radius 1 is 1.44 bits per heavy atom. The van der Waals surface area contributed by atoms with Gasteiger partial charge in [-0.2, -0.15) is 0 Å². The van der Waals surface area contributed by atoms with Gasteiger partial charge in [0, 0.05) is 16.6 Å². The highest BCUT2D eigenvalue weighted by atomic mass is 79.9. The molecule has 0 bridgehead atoms. The Morgan fingerprint density at radius 2 is 2.11 bits per heavy atom. The zero-order chi connectivity index (χ0) is 13.2. The van der Waals surface area contributed by atoms with E-state index in [9.17, 15) is 9.18 Å². The Labute approximate surface area is 114 Å². The minimum Gasteiger partial charge on any atom is -0.350 e. The number of rotatable bonds is 3. The summed E-state index contributed by atoms with van der Waals surface area (Å²) in [5.41, 5.74) is 5.72. The normalized spacial score (nSPS) is 17.7. The lowest BCUT2D eigenvalue weighted by molar-refractivity contribution is -0.126. The molecule has 1 aromatic rings. The number of benzene rings is 1. The molecule has 1 aliphatic rings. The molecule has 0 aliphatic heterocycles. The van der Waals surface area contributed by atoms with Crippen molar-refractivity contribution >= 4 is 21.8 Å². The molecule has 3 N–H and O–H groups in total. The van der Waals surface area contributed by atoms with Crippen molar-refractivity contribution in [2.75, 3.05) is 0 Å². The highest BCUT2D eigenvalue weighted by Crippen LogP contribution is 2.27. The number of amides is 1. The van der Waals surface area contributed by atoms with Crippen LogP contribution in [0.3, 0.4) is 0 Å².